The lowest BCUT2D eigenvalue weighted by molar-refractivity contribution is 0.426. The lowest BCUT2D eigenvalue weighted by atomic mass is 9.77. The molecule has 0 bridgehead atoms. The molecule has 2 aromatic rings. The molecule has 3 atom stereocenters. The van der Waals surface area contributed by atoms with Crippen LogP contribution in [0.5, 0.6) is 0 Å². The van der Waals surface area contributed by atoms with Crippen LogP contribution in [-0.4, -0.2) is 0 Å². The monoisotopic (exact) mass is 349 g/mol. The summed E-state index contributed by atoms with van der Waals surface area (Å²) in [5, 5.41) is 5.81. The molecule has 1 N–H and O–H groups in total. The molecule has 0 saturated carbocycles. The molecular formula is C18H14Cl3N. The van der Waals surface area contributed by atoms with Crippen molar-refractivity contribution in [3.05, 3.63) is 74.7 Å². The molecule has 1 nitrogen and oxygen atoms in total. The van der Waals surface area contributed by atoms with Gasteiger partial charge in [-0.2, -0.15) is 0 Å². The van der Waals surface area contributed by atoms with E-state index in [0.29, 0.717) is 21.9 Å². The molecule has 112 valence electrons. The third-order valence-electron chi connectivity index (χ3n) is 4.62. The van der Waals surface area contributed by atoms with Crippen molar-refractivity contribution in [2.24, 2.45) is 5.92 Å². The van der Waals surface area contributed by atoms with Crippen LogP contribution in [0.15, 0.2) is 48.6 Å². The molecule has 0 unspecified atom stereocenters. The molecule has 2 aromatic carbocycles. The van der Waals surface area contributed by atoms with Crippen molar-refractivity contribution in [2.75, 3.05) is 5.32 Å². The highest BCUT2D eigenvalue weighted by Gasteiger charge is 2.38. The molecule has 0 radical (unpaired) electrons. The number of halogens is 3. The van der Waals surface area contributed by atoms with E-state index in [4.69, 9.17) is 34.8 Å². The second-order valence-corrected chi connectivity index (χ2v) is 7.15. The molecule has 0 fully saturated rings. The highest BCUT2D eigenvalue weighted by molar-refractivity contribution is 6.35. The highest BCUT2D eigenvalue weighted by atomic mass is 35.5. The number of benzene rings is 2. The molecule has 0 amide bonds. The summed E-state index contributed by atoms with van der Waals surface area (Å²) in [5.74, 6) is 0.830. The topological polar surface area (TPSA) is 12.0 Å². The molecular weight excluding hydrogens is 337 g/mol. The van der Waals surface area contributed by atoms with Crippen LogP contribution in [0.25, 0.3) is 0 Å². The van der Waals surface area contributed by atoms with Gasteiger partial charge in [-0.15, -0.1) is 0 Å². The van der Waals surface area contributed by atoms with E-state index in [1.54, 1.807) is 0 Å². The predicted octanol–water partition coefficient (Wildman–Crippen LogP) is 6.47. The summed E-state index contributed by atoms with van der Waals surface area (Å²) in [6, 6.07) is 12.0. The molecule has 0 spiro atoms. The maximum absolute atomic E-state index is 6.44. The molecule has 1 aliphatic heterocycles. The van der Waals surface area contributed by atoms with E-state index in [0.717, 1.165) is 22.7 Å². The number of allylic oxidation sites excluding steroid dienone is 2. The lowest BCUT2D eigenvalue weighted by Crippen LogP contribution is -2.29. The third kappa shape index (κ3) is 2.32. The zero-order valence-electron chi connectivity index (χ0n) is 11.7. The van der Waals surface area contributed by atoms with Crippen LogP contribution in [0, 0.1) is 5.92 Å². The summed E-state index contributed by atoms with van der Waals surface area (Å²) in [4.78, 5) is 0. The summed E-state index contributed by atoms with van der Waals surface area (Å²) in [5.41, 5.74) is 3.51. The van der Waals surface area contributed by atoms with Crippen LogP contribution >= 0.6 is 34.8 Å². The molecule has 4 heteroatoms. The van der Waals surface area contributed by atoms with Crippen molar-refractivity contribution in [2.45, 2.75) is 18.4 Å². The summed E-state index contributed by atoms with van der Waals surface area (Å²) in [7, 11) is 0. The van der Waals surface area contributed by atoms with Crippen LogP contribution in [0.3, 0.4) is 0 Å². The first-order valence-corrected chi connectivity index (χ1v) is 8.44. The summed E-state index contributed by atoms with van der Waals surface area (Å²) in [6.07, 6.45) is 5.58. The van der Waals surface area contributed by atoms with Gasteiger partial charge in [-0.25, -0.2) is 0 Å². The average Bonchev–Trinajstić information content (AvgIpc) is 2.97. The average molecular weight is 351 g/mol. The van der Waals surface area contributed by atoms with Gasteiger partial charge < -0.3 is 5.32 Å². The number of fused-ring (bicyclic) bond motifs is 3. The van der Waals surface area contributed by atoms with Gasteiger partial charge in [0, 0.05) is 26.7 Å². The molecule has 1 aliphatic carbocycles. The van der Waals surface area contributed by atoms with Gasteiger partial charge >= 0.3 is 0 Å². The van der Waals surface area contributed by atoms with Crippen LogP contribution < -0.4 is 5.32 Å². The Morgan fingerprint density at radius 1 is 0.909 bits per heavy atom. The van der Waals surface area contributed by atoms with E-state index in [1.807, 2.05) is 24.3 Å². The first kappa shape index (κ1) is 14.4. The van der Waals surface area contributed by atoms with Gasteiger partial charge in [0.05, 0.1) is 6.04 Å². The maximum atomic E-state index is 6.44. The van der Waals surface area contributed by atoms with Crippen LogP contribution in [0.4, 0.5) is 5.69 Å². The Morgan fingerprint density at radius 2 is 1.68 bits per heavy atom. The van der Waals surface area contributed by atoms with Gasteiger partial charge in [0.15, 0.2) is 0 Å². The second kappa shape index (κ2) is 5.49. The first-order chi connectivity index (χ1) is 10.6. The summed E-state index contributed by atoms with van der Waals surface area (Å²) < 4.78 is 0. The van der Waals surface area contributed by atoms with E-state index in [-0.39, 0.29) is 6.04 Å². The number of hydrogen-bond acceptors (Lipinski definition) is 1. The van der Waals surface area contributed by atoms with Crippen molar-refractivity contribution < 1.29 is 0 Å². The third-order valence-corrected chi connectivity index (χ3v) is 5.42. The summed E-state index contributed by atoms with van der Waals surface area (Å²) in [6.45, 7) is 0. The fraction of sp³-hybridized carbons (Fsp3) is 0.222. The van der Waals surface area contributed by atoms with E-state index in [2.05, 4.69) is 29.6 Å². The largest absolute Gasteiger partial charge is 0.378 e. The van der Waals surface area contributed by atoms with Crippen LogP contribution in [0.1, 0.15) is 29.5 Å². The van der Waals surface area contributed by atoms with Crippen molar-refractivity contribution in [3.8, 4) is 0 Å². The second-order valence-electron chi connectivity index (χ2n) is 5.87. The number of rotatable bonds is 1. The fourth-order valence-corrected chi connectivity index (χ4v) is 4.33. The normalized spacial score (nSPS) is 25.5. The minimum atomic E-state index is 0.179. The molecule has 2 aliphatic rings. The minimum Gasteiger partial charge on any atom is -0.378 e. The SMILES string of the molecule is Clc1ccc([C@@H]2Nc3ccc(Cl)cc3[C@@H]3C=CC[C@H]32)c(Cl)c1. The minimum absolute atomic E-state index is 0.179. The van der Waals surface area contributed by atoms with Crippen molar-refractivity contribution in [3.63, 3.8) is 0 Å². The Labute approximate surface area is 144 Å². The Kier molecular flexibility index (Phi) is 3.60. The van der Waals surface area contributed by atoms with E-state index < -0.39 is 0 Å². The zero-order valence-corrected chi connectivity index (χ0v) is 14.0. The van der Waals surface area contributed by atoms with Gasteiger partial charge in [-0.3, -0.25) is 0 Å². The van der Waals surface area contributed by atoms with Gasteiger partial charge in [0.1, 0.15) is 0 Å². The molecule has 0 saturated heterocycles. The fourth-order valence-electron chi connectivity index (χ4n) is 3.63. The van der Waals surface area contributed by atoms with Crippen molar-refractivity contribution in [1.82, 2.24) is 0 Å². The quantitative estimate of drug-likeness (QED) is 0.581. The Balaban J connectivity index is 1.81. The Hall–Kier alpha value is -1.15. The van der Waals surface area contributed by atoms with Gasteiger partial charge in [-0.1, -0.05) is 53.0 Å². The van der Waals surface area contributed by atoms with E-state index in [9.17, 15) is 0 Å². The molecule has 0 aromatic heterocycles. The zero-order chi connectivity index (χ0) is 15.3. The smallest absolute Gasteiger partial charge is 0.0568 e. The van der Waals surface area contributed by atoms with E-state index >= 15 is 0 Å². The van der Waals surface area contributed by atoms with Crippen LogP contribution in [-0.2, 0) is 0 Å². The van der Waals surface area contributed by atoms with Crippen molar-refractivity contribution >= 4 is 40.5 Å². The summed E-state index contributed by atoms with van der Waals surface area (Å²) >= 11 is 18.6. The molecule has 1 heterocycles. The lowest BCUT2D eigenvalue weighted by Gasteiger charge is -2.38. The Morgan fingerprint density at radius 3 is 2.50 bits per heavy atom. The first-order valence-electron chi connectivity index (χ1n) is 7.31. The Bertz CT molecular complexity index is 769. The number of nitrogens with one attached hydrogen (secondary N) is 1. The van der Waals surface area contributed by atoms with E-state index in [1.165, 1.54) is 5.56 Å². The maximum Gasteiger partial charge on any atom is 0.0568 e. The van der Waals surface area contributed by atoms with Gasteiger partial charge in [-0.05, 0) is 53.8 Å². The van der Waals surface area contributed by atoms with Gasteiger partial charge in [0.25, 0.3) is 0 Å². The number of anilines is 1. The molecule has 22 heavy (non-hydrogen) atoms. The highest BCUT2D eigenvalue weighted by Crippen LogP contribution is 2.51. The molecule has 4 rings (SSSR count). The van der Waals surface area contributed by atoms with Crippen LogP contribution in [0.2, 0.25) is 15.1 Å². The number of hydrogen-bond donors (Lipinski definition) is 1. The predicted molar refractivity (Wildman–Crippen MR) is 94.3 cm³/mol. The van der Waals surface area contributed by atoms with Gasteiger partial charge in [0.2, 0.25) is 0 Å². The van der Waals surface area contributed by atoms with Crippen molar-refractivity contribution in [1.29, 1.82) is 0 Å². The standard InChI is InChI=1S/C18H14Cl3N/c19-10-5-7-17-15(8-10)12-2-1-3-13(12)18(22-17)14-6-4-11(20)9-16(14)21/h1-2,4-9,12-13,18,22H,3H2/t12-,13-,18-/m1/s1.